The number of rotatable bonds is 4. The van der Waals surface area contributed by atoms with E-state index in [-0.39, 0.29) is 33.7 Å². The standard InChI is InChI=1S/C17H20F3N5O2S/c1-6-28(26,27)16-13(23-14(9(2)3)25(16)5)15-22-10-7-12(17(18,19)20)21-8-11(10)24(15)4/h7-9H,6H2,1-5H3. The quantitative estimate of drug-likeness (QED) is 0.653. The van der Waals surface area contributed by atoms with E-state index < -0.39 is 21.7 Å². The van der Waals surface area contributed by atoms with Crippen LogP contribution in [0.1, 0.15) is 38.2 Å². The van der Waals surface area contributed by atoms with E-state index in [9.17, 15) is 21.6 Å². The summed E-state index contributed by atoms with van der Waals surface area (Å²) >= 11 is 0. The fourth-order valence-electron chi connectivity index (χ4n) is 3.11. The van der Waals surface area contributed by atoms with Gasteiger partial charge in [0.25, 0.3) is 0 Å². The number of fused-ring (bicyclic) bond motifs is 1. The number of nitrogens with zero attached hydrogens (tertiary/aromatic N) is 5. The second-order valence-electron chi connectivity index (χ2n) is 6.79. The summed E-state index contributed by atoms with van der Waals surface area (Å²) in [5.74, 6) is 0.521. The predicted octanol–water partition coefficient (Wildman–Crippen LogP) is 3.30. The van der Waals surface area contributed by atoms with Crippen molar-refractivity contribution in [1.82, 2.24) is 24.1 Å². The highest BCUT2D eigenvalue weighted by Crippen LogP contribution is 2.34. The molecule has 0 bridgehead atoms. The van der Waals surface area contributed by atoms with E-state index in [1.807, 2.05) is 13.8 Å². The van der Waals surface area contributed by atoms with Gasteiger partial charge in [0.15, 0.2) is 20.7 Å². The van der Waals surface area contributed by atoms with Crippen LogP contribution in [0.4, 0.5) is 13.2 Å². The number of hydrogen-bond donors (Lipinski definition) is 0. The summed E-state index contributed by atoms with van der Waals surface area (Å²) in [5, 5.41) is 0.00103. The first-order valence-corrected chi connectivity index (χ1v) is 10.2. The highest BCUT2D eigenvalue weighted by Gasteiger charge is 2.34. The average molecular weight is 415 g/mol. The fraction of sp³-hybridized carbons (Fsp3) is 0.471. The lowest BCUT2D eigenvalue weighted by Gasteiger charge is -2.08. The van der Waals surface area contributed by atoms with Crippen LogP contribution in [0.15, 0.2) is 17.3 Å². The lowest BCUT2D eigenvalue weighted by Crippen LogP contribution is -2.12. The van der Waals surface area contributed by atoms with Crippen LogP contribution in [-0.2, 0) is 30.1 Å². The predicted molar refractivity (Wildman–Crippen MR) is 97.5 cm³/mol. The number of aryl methyl sites for hydroxylation is 1. The number of pyridine rings is 1. The van der Waals surface area contributed by atoms with Crippen LogP contribution in [-0.4, -0.2) is 38.3 Å². The molecule has 3 rings (SSSR count). The third-order valence-corrected chi connectivity index (χ3v) is 6.35. The highest BCUT2D eigenvalue weighted by molar-refractivity contribution is 7.91. The van der Waals surface area contributed by atoms with Gasteiger partial charge in [0, 0.05) is 20.0 Å². The maximum absolute atomic E-state index is 13.0. The molecule has 0 aliphatic carbocycles. The van der Waals surface area contributed by atoms with Gasteiger partial charge in [0.05, 0.1) is 23.0 Å². The first-order valence-electron chi connectivity index (χ1n) is 8.57. The molecule has 0 aliphatic heterocycles. The molecule has 152 valence electrons. The Morgan fingerprint density at radius 3 is 2.32 bits per heavy atom. The smallest absolute Gasteiger partial charge is 0.324 e. The summed E-state index contributed by atoms with van der Waals surface area (Å²) in [6.45, 7) is 5.28. The Kier molecular flexibility index (Phi) is 4.77. The average Bonchev–Trinajstić information content (AvgIpc) is 3.11. The summed E-state index contributed by atoms with van der Waals surface area (Å²) in [6.07, 6.45) is -3.52. The summed E-state index contributed by atoms with van der Waals surface area (Å²) in [4.78, 5) is 12.2. The molecule has 0 saturated carbocycles. The van der Waals surface area contributed by atoms with Crippen molar-refractivity contribution >= 4 is 20.9 Å². The Hall–Kier alpha value is -2.43. The van der Waals surface area contributed by atoms with Crippen LogP contribution in [0.5, 0.6) is 0 Å². The lowest BCUT2D eigenvalue weighted by molar-refractivity contribution is -0.141. The summed E-state index contributed by atoms with van der Waals surface area (Å²) in [7, 11) is -0.454. The number of sulfone groups is 1. The number of imidazole rings is 2. The van der Waals surface area contributed by atoms with Gasteiger partial charge in [0.2, 0.25) is 0 Å². The SMILES string of the molecule is CCS(=O)(=O)c1c(-c2nc3cc(C(F)(F)F)ncc3n2C)nc(C(C)C)n1C. The minimum absolute atomic E-state index is 0.00103. The maximum atomic E-state index is 13.0. The van der Waals surface area contributed by atoms with Crippen LogP contribution in [0.2, 0.25) is 0 Å². The Morgan fingerprint density at radius 1 is 1.14 bits per heavy atom. The first-order chi connectivity index (χ1) is 12.9. The lowest BCUT2D eigenvalue weighted by atomic mass is 10.2. The van der Waals surface area contributed by atoms with E-state index >= 15 is 0 Å². The zero-order chi connectivity index (χ0) is 21.0. The van der Waals surface area contributed by atoms with E-state index in [1.165, 1.54) is 16.1 Å². The zero-order valence-corrected chi connectivity index (χ0v) is 16.9. The molecule has 0 fully saturated rings. The van der Waals surface area contributed by atoms with Gasteiger partial charge >= 0.3 is 6.18 Å². The van der Waals surface area contributed by atoms with Crippen LogP contribution in [0, 0.1) is 0 Å². The van der Waals surface area contributed by atoms with Gasteiger partial charge < -0.3 is 9.13 Å². The van der Waals surface area contributed by atoms with Crippen molar-refractivity contribution in [2.75, 3.05) is 5.75 Å². The Balaban J connectivity index is 2.33. The molecule has 0 radical (unpaired) electrons. The molecule has 0 spiro atoms. The third kappa shape index (κ3) is 3.17. The van der Waals surface area contributed by atoms with E-state index in [2.05, 4.69) is 15.0 Å². The normalized spacial score (nSPS) is 13.0. The minimum Gasteiger partial charge on any atom is -0.324 e. The molecule has 11 heteroatoms. The van der Waals surface area contributed by atoms with E-state index in [4.69, 9.17) is 0 Å². The van der Waals surface area contributed by atoms with Gasteiger partial charge in [-0.1, -0.05) is 20.8 Å². The topological polar surface area (TPSA) is 82.7 Å². The van der Waals surface area contributed by atoms with Gasteiger partial charge in [-0.05, 0) is 6.07 Å². The van der Waals surface area contributed by atoms with Gasteiger partial charge in [-0.25, -0.2) is 23.4 Å². The molecule has 0 aromatic carbocycles. The minimum atomic E-state index is -4.60. The van der Waals surface area contributed by atoms with Crippen LogP contribution < -0.4 is 0 Å². The van der Waals surface area contributed by atoms with Crippen molar-refractivity contribution in [3.63, 3.8) is 0 Å². The highest BCUT2D eigenvalue weighted by atomic mass is 32.2. The maximum Gasteiger partial charge on any atom is 0.433 e. The molecular formula is C17H20F3N5O2S. The Bertz CT molecular complexity index is 1160. The molecule has 3 heterocycles. The molecule has 3 aromatic heterocycles. The summed E-state index contributed by atoms with van der Waals surface area (Å²) in [5.41, 5.74) is -0.522. The largest absolute Gasteiger partial charge is 0.433 e. The number of alkyl halides is 3. The molecular weight excluding hydrogens is 395 g/mol. The molecule has 0 unspecified atom stereocenters. The van der Waals surface area contributed by atoms with Gasteiger partial charge in [-0.15, -0.1) is 0 Å². The molecule has 3 aromatic rings. The second-order valence-corrected chi connectivity index (χ2v) is 8.98. The first kappa shape index (κ1) is 20.3. The summed E-state index contributed by atoms with van der Waals surface area (Å²) < 4.78 is 67.3. The molecule has 28 heavy (non-hydrogen) atoms. The number of hydrogen-bond acceptors (Lipinski definition) is 5. The molecule has 0 aliphatic rings. The monoisotopic (exact) mass is 415 g/mol. The molecule has 0 saturated heterocycles. The van der Waals surface area contributed by atoms with Crippen LogP contribution in [0.3, 0.4) is 0 Å². The van der Waals surface area contributed by atoms with Crippen LogP contribution >= 0.6 is 0 Å². The van der Waals surface area contributed by atoms with Crippen molar-refractivity contribution in [3.05, 3.63) is 23.8 Å². The fourth-order valence-corrected chi connectivity index (χ4v) is 4.33. The Morgan fingerprint density at radius 2 is 1.79 bits per heavy atom. The Labute approximate surface area is 160 Å². The van der Waals surface area contributed by atoms with E-state index in [1.54, 1.807) is 14.1 Å². The van der Waals surface area contributed by atoms with Gasteiger partial charge in [-0.3, -0.25) is 0 Å². The van der Waals surface area contributed by atoms with Crippen LogP contribution in [0.25, 0.3) is 22.6 Å². The van der Waals surface area contributed by atoms with Crippen molar-refractivity contribution in [2.24, 2.45) is 14.1 Å². The summed E-state index contributed by atoms with van der Waals surface area (Å²) in [6, 6.07) is 0.846. The molecule has 0 amide bonds. The molecule has 0 atom stereocenters. The zero-order valence-electron chi connectivity index (χ0n) is 16.0. The van der Waals surface area contributed by atoms with E-state index in [0.717, 1.165) is 12.3 Å². The van der Waals surface area contributed by atoms with Crippen molar-refractivity contribution in [3.8, 4) is 11.5 Å². The van der Waals surface area contributed by atoms with E-state index in [0.29, 0.717) is 11.3 Å². The number of halogens is 3. The van der Waals surface area contributed by atoms with Gasteiger partial charge in [0.1, 0.15) is 17.2 Å². The third-order valence-electron chi connectivity index (χ3n) is 4.54. The second kappa shape index (κ2) is 6.57. The van der Waals surface area contributed by atoms with Crippen molar-refractivity contribution in [2.45, 2.75) is 37.9 Å². The van der Waals surface area contributed by atoms with Crippen molar-refractivity contribution in [1.29, 1.82) is 0 Å². The van der Waals surface area contributed by atoms with Crippen molar-refractivity contribution < 1.29 is 21.6 Å². The van der Waals surface area contributed by atoms with Gasteiger partial charge in [-0.2, -0.15) is 13.2 Å². The molecule has 0 N–H and O–H groups in total. The number of aromatic nitrogens is 5. The molecule has 7 nitrogen and oxygen atoms in total.